The van der Waals surface area contributed by atoms with Crippen LogP contribution in [0.2, 0.25) is 5.02 Å². The normalized spacial score (nSPS) is 17.3. The second-order valence-electron chi connectivity index (χ2n) is 7.62. The number of carbonyl (C=O) groups is 2. The molecule has 0 saturated heterocycles. The van der Waals surface area contributed by atoms with Crippen molar-refractivity contribution in [2.24, 2.45) is 5.92 Å². The largest absolute Gasteiger partial charge is 0.426 e. The lowest BCUT2D eigenvalue weighted by Crippen LogP contribution is -2.26. The Bertz CT molecular complexity index is 1080. The van der Waals surface area contributed by atoms with Gasteiger partial charge in [0.2, 0.25) is 0 Å². The summed E-state index contributed by atoms with van der Waals surface area (Å²) in [6.07, 6.45) is 0.744. The molecule has 2 atom stereocenters. The molecule has 3 aromatic rings. The zero-order valence-electron chi connectivity index (χ0n) is 16.8. The first-order valence-electron chi connectivity index (χ1n) is 9.85. The van der Waals surface area contributed by atoms with Gasteiger partial charge < -0.3 is 9.64 Å². The van der Waals surface area contributed by atoms with Crippen molar-refractivity contribution >= 4 is 29.2 Å². The van der Waals surface area contributed by atoms with Crippen molar-refractivity contribution in [1.82, 2.24) is 0 Å². The summed E-state index contributed by atoms with van der Waals surface area (Å²) in [5, 5.41) is 0.684. The van der Waals surface area contributed by atoms with E-state index < -0.39 is 0 Å². The highest BCUT2D eigenvalue weighted by Crippen LogP contribution is 2.50. The fourth-order valence-electron chi connectivity index (χ4n) is 3.51. The Kier molecular flexibility index (Phi) is 5.60. The van der Waals surface area contributed by atoms with Gasteiger partial charge in [0, 0.05) is 23.3 Å². The van der Waals surface area contributed by atoms with Gasteiger partial charge in [0.1, 0.15) is 5.75 Å². The average molecular weight is 420 g/mol. The van der Waals surface area contributed by atoms with Crippen LogP contribution < -0.4 is 9.64 Å². The number of esters is 1. The van der Waals surface area contributed by atoms with Crippen LogP contribution in [0.25, 0.3) is 0 Å². The fraction of sp³-hybridized carbons (Fsp3) is 0.200. The number of anilines is 1. The molecule has 1 aliphatic carbocycles. The molecule has 4 rings (SSSR count). The van der Waals surface area contributed by atoms with E-state index in [0.717, 1.165) is 23.2 Å². The van der Waals surface area contributed by atoms with Gasteiger partial charge in [-0.3, -0.25) is 9.59 Å². The average Bonchev–Trinajstić information content (AvgIpc) is 3.55. The third-order valence-corrected chi connectivity index (χ3v) is 5.79. The summed E-state index contributed by atoms with van der Waals surface area (Å²) in [6, 6.07) is 22.0. The Balaban J connectivity index is 1.38. The smallest absolute Gasteiger partial charge is 0.314 e. The number of carbonyl (C=O) groups excluding carboxylic acids is 2. The van der Waals surface area contributed by atoms with E-state index in [0.29, 0.717) is 16.3 Å². The van der Waals surface area contributed by atoms with Gasteiger partial charge in [-0.25, -0.2) is 0 Å². The van der Waals surface area contributed by atoms with Crippen LogP contribution in [0.5, 0.6) is 5.75 Å². The summed E-state index contributed by atoms with van der Waals surface area (Å²) in [4.78, 5) is 26.7. The zero-order valence-corrected chi connectivity index (χ0v) is 17.6. The maximum Gasteiger partial charge on any atom is 0.314 e. The minimum atomic E-state index is -0.253. The van der Waals surface area contributed by atoms with Gasteiger partial charge in [0.05, 0.1) is 5.92 Å². The molecular formula is C25H22ClNO3. The quantitative estimate of drug-likeness (QED) is 0.397. The van der Waals surface area contributed by atoms with E-state index in [9.17, 15) is 9.59 Å². The number of aryl methyl sites for hydroxylation is 1. The van der Waals surface area contributed by atoms with Gasteiger partial charge in [0.25, 0.3) is 5.91 Å². The van der Waals surface area contributed by atoms with E-state index in [1.807, 2.05) is 55.5 Å². The Labute approximate surface area is 181 Å². The number of ether oxygens (including phenoxy) is 1. The number of nitrogens with zero attached hydrogens (tertiary/aromatic N) is 1. The topological polar surface area (TPSA) is 46.6 Å². The molecule has 0 aliphatic heterocycles. The molecular weight excluding hydrogens is 398 g/mol. The van der Waals surface area contributed by atoms with E-state index in [4.69, 9.17) is 16.3 Å². The first kappa shape index (κ1) is 20.2. The molecule has 1 saturated carbocycles. The highest BCUT2D eigenvalue weighted by Gasteiger charge is 2.46. The predicted molar refractivity (Wildman–Crippen MR) is 118 cm³/mol. The molecule has 3 aromatic carbocycles. The Morgan fingerprint density at radius 1 is 0.967 bits per heavy atom. The fourth-order valence-corrected chi connectivity index (χ4v) is 3.79. The summed E-state index contributed by atoms with van der Waals surface area (Å²) in [5.74, 6) is 0.0564. The lowest BCUT2D eigenvalue weighted by molar-refractivity contribution is -0.135. The van der Waals surface area contributed by atoms with Gasteiger partial charge in [-0.05, 0) is 67.3 Å². The van der Waals surface area contributed by atoms with Gasteiger partial charge in [-0.15, -0.1) is 0 Å². The molecule has 1 aliphatic rings. The van der Waals surface area contributed by atoms with E-state index in [2.05, 4.69) is 0 Å². The minimum Gasteiger partial charge on any atom is -0.426 e. The first-order valence-corrected chi connectivity index (χ1v) is 10.2. The van der Waals surface area contributed by atoms with Gasteiger partial charge in [0.15, 0.2) is 0 Å². The summed E-state index contributed by atoms with van der Waals surface area (Å²) in [6.45, 7) is 1.98. The number of benzene rings is 3. The number of rotatable bonds is 5. The maximum absolute atomic E-state index is 12.6. The predicted octanol–water partition coefficient (Wildman–Crippen LogP) is 5.63. The lowest BCUT2D eigenvalue weighted by Gasteiger charge is -2.18. The summed E-state index contributed by atoms with van der Waals surface area (Å²) in [7, 11) is 1.72. The van der Waals surface area contributed by atoms with Crippen LogP contribution in [0.3, 0.4) is 0 Å². The monoisotopic (exact) mass is 419 g/mol. The van der Waals surface area contributed by atoms with Crippen LogP contribution in [0.4, 0.5) is 5.69 Å². The molecule has 0 N–H and O–H groups in total. The SMILES string of the molecule is Cc1ccc(C(=O)N(C)c2ccc(OC(=O)C3CC3c3ccccc3Cl)cc2)cc1. The summed E-state index contributed by atoms with van der Waals surface area (Å²) < 4.78 is 5.54. The molecule has 30 heavy (non-hydrogen) atoms. The molecule has 0 radical (unpaired) electrons. The van der Waals surface area contributed by atoms with Gasteiger partial charge >= 0.3 is 5.97 Å². The molecule has 1 amide bonds. The van der Waals surface area contributed by atoms with Crippen LogP contribution >= 0.6 is 11.6 Å². The van der Waals surface area contributed by atoms with Gasteiger partial charge in [-0.1, -0.05) is 47.5 Å². The molecule has 0 spiro atoms. The third kappa shape index (κ3) is 4.24. The lowest BCUT2D eigenvalue weighted by atomic mass is 10.1. The number of hydrogen-bond acceptors (Lipinski definition) is 3. The molecule has 5 heteroatoms. The molecule has 4 nitrogen and oxygen atoms in total. The second kappa shape index (κ2) is 8.33. The van der Waals surface area contributed by atoms with Gasteiger partial charge in [-0.2, -0.15) is 0 Å². The molecule has 1 fully saturated rings. The van der Waals surface area contributed by atoms with Crippen molar-refractivity contribution in [3.05, 3.63) is 94.5 Å². The van der Waals surface area contributed by atoms with Crippen molar-refractivity contribution in [3.63, 3.8) is 0 Å². The van der Waals surface area contributed by atoms with Crippen molar-refractivity contribution in [3.8, 4) is 5.75 Å². The zero-order chi connectivity index (χ0) is 21.3. The standard InChI is InChI=1S/C25H22ClNO3/c1-16-7-9-17(10-8-16)24(28)27(2)18-11-13-19(14-12-18)30-25(29)22-15-21(22)20-5-3-4-6-23(20)26/h3-14,21-22H,15H2,1-2H3. The van der Waals surface area contributed by atoms with Crippen molar-refractivity contribution in [2.75, 3.05) is 11.9 Å². The van der Waals surface area contributed by atoms with E-state index in [-0.39, 0.29) is 23.7 Å². The van der Waals surface area contributed by atoms with Crippen molar-refractivity contribution in [1.29, 1.82) is 0 Å². The second-order valence-corrected chi connectivity index (χ2v) is 8.02. The first-order chi connectivity index (χ1) is 14.4. The van der Waals surface area contributed by atoms with Crippen LogP contribution in [0.15, 0.2) is 72.8 Å². The summed E-state index contributed by atoms with van der Waals surface area (Å²) >= 11 is 6.23. The number of hydrogen-bond donors (Lipinski definition) is 0. The molecule has 0 aromatic heterocycles. The number of amides is 1. The van der Waals surface area contributed by atoms with E-state index in [1.165, 1.54) is 0 Å². The highest BCUT2D eigenvalue weighted by atomic mass is 35.5. The highest BCUT2D eigenvalue weighted by molar-refractivity contribution is 6.31. The Morgan fingerprint density at radius 3 is 2.30 bits per heavy atom. The molecule has 0 bridgehead atoms. The minimum absolute atomic E-state index is 0.0969. The van der Waals surface area contributed by atoms with Crippen molar-refractivity contribution in [2.45, 2.75) is 19.3 Å². The molecule has 152 valence electrons. The molecule has 2 unspecified atom stereocenters. The van der Waals surface area contributed by atoms with E-state index >= 15 is 0 Å². The van der Waals surface area contributed by atoms with Crippen LogP contribution in [-0.2, 0) is 4.79 Å². The third-order valence-electron chi connectivity index (χ3n) is 5.44. The Hall–Kier alpha value is -3.11. The molecule has 0 heterocycles. The van der Waals surface area contributed by atoms with Crippen LogP contribution in [0.1, 0.15) is 33.8 Å². The van der Waals surface area contributed by atoms with Crippen molar-refractivity contribution < 1.29 is 14.3 Å². The Morgan fingerprint density at radius 2 is 1.63 bits per heavy atom. The maximum atomic E-state index is 12.6. The summed E-state index contributed by atoms with van der Waals surface area (Å²) in [5.41, 5.74) is 3.44. The van der Waals surface area contributed by atoms with E-state index in [1.54, 1.807) is 36.2 Å². The number of halogens is 1. The van der Waals surface area contributed by atoms with Crippen LogP contribution in [0, 0.1) is 12.8 Å². The van der Waals surface area contributed by atoms with Crippen LogP contribution in [-0.4, -0.2) is 18.9 Å².